The minimum absolute atomic E-state index is 0.804. The van der Waals surface area contributed by atoms with E-state index in [1.165, 1.54) is 32.4 Å². The molecule has 1 saturated carbocycles. The van der Waals surface area contributed by atoms with E-state index < -0.39 is 0 Å². The minimum atomic E-state index is 0.804. The van der Waals surface area contributed by atoms with Gasteiger partial charge in [0.15, 0.2) is 5.82 Å². The molecule has 150 valence electrons. The smallest absolute Gasteiger partial charge is 0.182 e. The van der Waals surface area contributed by atoms with Crippen molar-refractivity contribution in [2.75, 3.05) is 51.7 Å². The Kier molecular flexibility index (Phi) is 4.80. The Hall–Kier alpha value is -1.99. The molecule has 0 bridgehead atoms. The molecule has 7 nitrogen and oxygen atoms in total. The molecule has 4 heterocycles. The maximum Gasteiger partial charge on any atom is 0.182 e. The van der Waals surface area contributed by atoms with Crippen molar-refractivity contribution in [1.29, 1.82) is 0 Å². The number of rotatable bonds is 7. The molecule has 0 N–H and O–H groups in total. The van der Waals surface area contributed by atoms with Crippen LogP contribution in [0.4, 0.5) is 5.82 Å². The van der Waals surface area contributed by atoms with Gasteiger partial charge in [-0.25, -0.2) is 14.6 Å². The fraction of sp³-hybridized carbons (Fsp3) is 0.667. The number of anilines is 1. The summed E-state index contributed by atoms with van der Waals surface area (Å²) in [5.41, 5.74) is 1.01. The number of hydrogen-bond acceptors (Lipinski definition) is 6. The largest absolute Gasteiger partial charge is 0.357 e. The lowest BCUT2D eigenvalue weighted by molar-refractivity contribution is 0.278. The van der Waals surface area contributed by atoms with Crippen LogP contribution in [0, 0.1) is 11.8 Å². The molecule has 2 aromatic heterocycles. The van der Waals surface area contributed by atoms with Crippen molar-refractivity contribution in [1.82, 2.24) is 29.5 Å². The molecule has 2 saturated heterocycles. The van der Waals surface area contributed by atoms with Gasteiger partial charge in [0.05, 0.1) is 13.1 Å². The van der Waals surface area contributed by atoms with E-state index in [1.54, 1.807) is 0 Å². The van der Waals surface area contributed by atoms with Gasteiger partial charge in [-0.2, -0.15) is 5.10 Å². The van der Waals surface area contributed by atoms with E-state index in [0.717, 1.165) is 67.6 Å². The maximum atomic E-state index is 4.93. The summed E-state index contributed by atoms with van der Waals surface area (Å²) in [6.07, 6.45) is 5.91. The summed E-state index contributed by atoms with van der Waals surface area (Å²) >= 11 is 0. The highest BCUT2D eigenvalue weighted by atomic mass is 15.4. The van der Waals surface area contributed by atoms with Crippen LogP contribution in [-0.4, -0.2) is 76.4 Å². The highest BCUT2D eigenvalue weighted by Crippen LogP contribution is 2.45. The first-order chi connectivity index (χ1) is 13.7. The van der Waals surface area contributed by atoms with Crippen LogP contribution < -0.4 is 4.90 Å². The summed E-state index contributed by atoms with van der Waals surface area (Å²) in [4.78, 5) is 16.7. The third-order valence-corrected chi connectivity index (χ3v) is 6.36. The fourth-order valence-corrected chi connectivity index (χ4v) is 4.56. The van der Waals surface area contributed by atoms with Gasteiger partial charge < -0.3 is 9.80 Å². The van der Waals surface area contributed by atoms with E-state index in [2.05, 4.69) is 50.6 Å². The summed E-state index contributed by atoms with van der Waals surface area (Å²) < 4.78 is 2.10. The standard InChI is InChI=1S/C21H31N7/c1-25(2)9-10-28-20(15-26-13-17-11-18(17)14-26)23-21(24-28)16-5-6-19(22-12-16)27-7-3-4-8-27/h5-6,12,17-18H,3-4,7-11,13-15H2,1-2H3. The van der Waals surface area contributed by atoms with Gasteiger partial charge in [0.1, 0.15) is 11.6 Å². The molecule has 0 radical (unpaired) electrons. The third kappa shape index (κ3) is 3.78. The van der Waals surface area contributed by atoms with Gasteiger partial charge in [-0.05, 0) is 57.3 Å². The molecule has 28 heavy (non-hydrogen) atoms. The van der Waals surface area contributed by atoms with Gasteiger partial charge in [-0.1, -0.05) is 0 Å². The Morgan fingerprint density at radius 3 is 2.57 bits per heavy atom. The number of likely N-dealkylation sites (tertiary alicyclic amines) is 1. The number of piperidine rings is 1. The normalized spacial score (nSPS) is 24.3. The van der Waals surface area contributed by atoms with Crippen molar-refractivity contribution in [3.63, 3.8) is 0 Å². The van der Waals surface area contributed by atoms with Gasteiger partial charge in [0, 0.05) is 44.5 Å². The number of pyridine rings is 1. The Balaban J connectivity index is 1.34. The molecular formula is C21H31N7. The van der Waals surface area contributed by atoms with Gasteiger partial charge >= 0.3 is 0 Å². The van der Waals surface area contributed by atoms with E-state index in [0.29, 0.717) is 0 Å². The monoisotopic (exact) mass is 381 g/mol. The number of aromatic nitrogens is 4. The zero-order chi connectivity index (χ0) is 19.1. The average Bonchev–Trinajstić information content (AvgIpc) is 3.13. The quantitative estimate of drug-likeness (QED) is 0.731. The van der Waals surface area contributed by atoms with Crippen molar-refractivity contribution in [3.05, 3.63) is 24.2 Å². The first kappa shape index (κ1) is 18.1. The zero-order valence-corrected chi connectivity index (χ0v) is 17.1. The van der Waals surface area contributed by atoms with Crippen LogP contribution in [0.2, 0.25) is 0 Å². The lowest BCUT2D eigenvalue weighted by Gasteiger charge is -2.17. The first-order valence-electron chi connectivity index (χ1n) is 10.7. The minimum Gasteiger partial charge on any atom is -0.357 e. The van der Waals surface area contributed by atoms with E-state index in [1.807, 2.05) is 6.20 Å². The molecule has 0 spiro atoms. The number of likely N-dealkylation sites (N-methyl/N-ethyl adjacent to an activating group) is 1. The molecule has 7 heteroatoms. The topological polar surface area (TPSA) is 53.3 Å². The number of nitrogens with zero attached hydrogens (tertiary/aromatic N) is 7. The second-order valence-corrected chi connectivity index (χ2v) is 8.93. The van der Waals surface area contributed by atoms with Crippen LogP contribution in [0.1, 0.15) is 25.1 Å². The molecule has 1 aliphatic carbocycles. The second kappa shape index (κ2) is 7.44. The molecule has 0 aromatic carbocycles. The number of hydrogen-bond donors (Lipinski definition) is 0. The zero-order valence-electron chi connectivity index (χ0n) is 17.1. The summed E-state index contributed by atoms with van der Waals surface area (Å²) in [5, 5.41) is 4.85. The Morgan fingerprint density at radius 2 is 1.89 bits per heavy atom. The van der Waals surface area contributed by atoms with Crippen molar-refractivity contribution in [2.45, 2.75) is 32.4 Å². The van der Waals surface area contributed by atoms with E-state index >= 15 is 0 Å². The van der Waals surface area contributed by atoms with Gasteiger partial charge in [-0.3, -0.25) is 4.90 Å². The first-order valence-corrected chi connectivity index (χ1v) is 10.7. The average molecular weight is 382 g/mol. The van der Waals surface area contributed by atoms with E-state index in [-0.39, 0.29) is 0 Å². The molecule has 3 aliphatic rings. The van der Waals surface area contributed by atoms with Gasteiger partial charge in [-0.15, -0.1) is 0 Å². The molecule has 2 unspecified atom stereocenters. The maximum absolute atomic E-state index is 4.93. The van der Waals surface area contributed by atoms with Crippen LogP contribution in [0.5, 0.6) is 0 Å². The molecule has 2 aliphatic heterocycles. The predicted molar refractivity (Wildman–Crippen MR) is 110 cm³/mol. The van der Waals surface area contributed by atoms with E-state index in [4.69, 9.17) is 10.1 Å². The highest BCUT2D eigenvalue weighted by molar-refractivity contribution is 5.56. The predicted octanol–water partition coefficient (Wildman–Crippen LogP) is 1.95. The molecule has 5 rings (SSSR count). The lowest BCUT2D eigenvalue weighted by atomic mass is 10.2. The van der Waals surface area contributed by atoms with Crippen molar-refractivity contribution < 1.29 is 0 Å². The van der Waals surface area contributed by atoms with Gasteiger partial charge in [0.2, 0.25) is 0 Å². The second-order valence-electron chi connectivity index (χ2n) is 8.93. The molecule has 3 fully saturated rings. The van der Waals surface area contributed by atoms with Gasteiger partial charge in [0.25, 0.3) is 0 Å². The van der Waals surface area contributed by atoms with Crippen LogP contribution in [-0.2, 0) is 13.1 Å². The third-order valence-electron chi connectivity index (χ3n) is 6.36. The Morgan fingerprint density at radius 1 is 1.11 bits per heavy atom. The molecule has 2 atom stereocenters. The van der Waals surface area contributed by atoms with Crippen LogP contribution in [0.15, 0.2) is 18.3 Å². The molecule has 2 aromatic rings. The van der Waals surface area contributed by atoms with E-state index in [9.17, 15) is 0 Å². The Labute approximate surface area is 167 Å². The SMILES string of the molecule is CN(C)CCn1nc(-c2ccc(N3CCCC3)nc2)nc1CN1CC2CC2C1. The van der Waals surface area contributed by atoms with Crippen LogP contribution >= 0.6 is 0 Å². The highest BCUT2D eigenvalue weighted by Gasteiger charge is 2.45. The molecular weight excluding hydrogens is 350 g/mol. The Bertz CT molecular complexity index is 797. The van der Waals surface area contributed by atoms with Crippen molar-refractivity contribution in [2.24, 2.45) is 11.8 Å². The summed E-state index contributed by atoms with van der Waals surface area (Å²) in [6.45, 7) is 7.44. The summed E-state index contributed by atoms with van der Waals surface area (Å²) in [5.74, 6) is 4.85. The molecule has 0 amide bonds. The lowest BCUT2D eigenvalue weighted by Crippen LogP contribution is -2.26. The van der Waals surface area contributed by atoms with Crippen molar-refractivity contribution >= 4 is 5.82 Å². The number of fused-ring (bicyclic) bond motifs is 1. The summed E-state index contributed by atoms with van der Waals surface area (Å²) in [7, 11) is 4.21. The van der Waals surface area contributed by atoms with Crippen molar-refractivity contribution in [3.8, 4) is 11.4 Å². The van der Waals surface area contributed by atoms with Crippen LogP contribution in [0.25, 0.3) is 11.4 Å². The van der Waals surface area contributed by atoms with Crippen LogP contribution in [0.3, 0.4) is 0 Å². The summed E-state index contributed by atoms with van der Waals surface area (Å²) in [6, 6.07) is 4.25. The fourth-order valence-electron chi connectivity index (χ4n) is 4.56.